The average molecular weight is 1160 g/mol. The molecule has 0 heterocycles. The number of nitrogens with one attached hydrogen (secondary N) is 1. The molecule has 0 aromatic carbocycles. The van der Waals surface area contributed by atoms with E-state index in [2.05, 4.69) is 43.5 Å². The minimum Gasteiger partial charge on any atom is -0.756 e. The highest BCUT2D eigenvalue weighted by molar-refractivity contribution is 7.45. The molecule has 0 aliphatic rings. The summed E-state index contributed by atoms with van der Waals surface area (Å²) in [4.78, 5) is 25.6. The Morgan fingerprint density at radius 3 is 1.02 bits per heavy atom. The van der Waals surface area contributed by atoms with Gasteiger partial charge in [-0.05, 0) is 51.4 Å². The predicted molar refractivity (Wildman–Crippen MR) is 353 cm³/mol. The van der Waals surface area contributed by atoms with Crippen molar-refractivity contribution in [3.8, 4) is 0 Å². The Bertz CT molecular complexity index is 1410. The number of phosphoric acid groups is 1. The van der Waals surface area contributed by atoms with E-state index in [1.807, 2.05) is 27.2 Å². The van der Waals surface area contributed by atoms with Crippen LogP contribution in [-0.4, -0.2) is 68.5 Å². The third-order valence-electron chi connectivity index (χ3n) is 16.6. The number of carbonyl (C=O) groups excluding carboxylic acids is 1. The third kappa shape index (κ3) is 66.1. The summed E-state index contributed by atoms with van der Waals surface area (Å²) in [5.41, 5.74) is 0. The van der Waals surface area contributed by atoms with E-state index < -0.39 is 20.0 Å². The summed E-state index contributed by atoms with van der Waals surface area (Å²) in [5.74, 6) is -0.190. The van der Waals surface area contributed by atoms with Crippen molar-refractivity contribution in [1.82, 2.24) is 5.32 Å². The van der Waals surface area contributed by atoms with Gasteiger partial charge in [0.05, 0.1) is 39.9 Å². The van der Waals surface area contributed by atoms with Crippen molar-refractivity contribution in [2.45, 2.75) is 379 Å². The zero-order valence-electron chi connectivity index (χ0n) is 55.0. The number of unbranched alkanes of at least 4 members (excludes halogenated alkanes) is 50. The summed E-state index contributed by atoms with van der Waals surface area (Å²) >= 11 is 0. The lowest BCUT2D eigenvalue weighted by Crippen LogP contribution is -2.45. The lowest BCUT2D eigenvalue weighted by molar-refractivity contribution is -0.870. The second-order valence-corrected chi connectivity index (χ2v) is 27.4. The van der Waals surface area contributed by atoms with E-state index in [9.17, 15) is 19.4 Å². The fraction of sp³-hybridized carbons (Fsp3) is 0.903. The van der Waals surface area contributed by atoms with Gasteiger partial charge in [-0.25, -0.2) is 0 Å². The van der Waals surface area contributed by atoms with E-state index in [1.54, 1.807) is 6.08 Å². The van der Waals surface area contributed by atoms with Crippen molar-refractivity contribution in [2.75, 3.05) is 40.9 Å². The molecule has 0 spiro atoms. The number of hydrogen-bond donors (Lipinski definition) is 2. The van der Waals surface area contributed by atoms with Gasteiger partial charge in [0.1, 0.15) is 13.2 Å². The monoisotopic (exact) mass is 1160 g/mol. The van der Waals surface area contributed by atoms with Crippen LogP contribution < -0.4 is 10.2 Å². The quantitative estimate of drug-likeness (QED) is 0.0272. The van der Waals surface area contributed by atoms with Crippen LogP contribution in [-0.2, 0) is 18.4 Å². The second-order valence-electron chi connectivity index (χ2n) is 25.9. The first-order valence-electron chi connectivity index (χ1n) is 35.9. The lowest BCUT2D eigenvalue weighted by Gasteiger charge is -2.29. The summed E-state index contributed by atoms with van der Waals surface area (Å²) in [6.45, 7) is 4.70. The number of amides is 1. The number of nitrogens with zero attached hydrogens (tertiary/aromatic N) is 1. The number of carbonyl (C=O) groups is 1. The Morgan fingerprint density at radius 1 is 0.432 bits per heavy atom. The average Bonchev–Trinajstić information content (AvgIpc) is 3.43. The number of likely N-dealkylation sites (N-methyl/N-ethyl adjacent to an activating group) is 1. The Kier molecular flexibility index (Phi) is 62.2. The molecule has 0 aliphatic heterocycles. The van der Waals surface area contributed by atoms with Gasteiger partial charge in [-0.1, -0.05) is 346 Å². The van der Waals surface area contributed by atoms with Gasteiger partial charge in [0.2, 0.25) is 5.91 Å². The van der Waals surface area contributed by atoms with Crippen molar-refractivity contribution in [1.29, 1.82) is 0 Å². The number of aliphatic hydroxyl groups is 1. The molecule has 0 saturated carbocycles. The highest BCUT2D eigenvalue weighted by Gasteiger charge is 2.23. The van der Waals surface area contributed by atoms with Crippen LogP contribution in [0, 0.1) is 0 Å². The molecule has 0 saturated heterocycles. The van der Waals surface area contributed by atoms with Gasteiger partial charge >= 0.3 is 0 Å². The first-order chi connectivity index (χ1) is 39.5. The molecular weight excluding hydrogens is 1020 g/mol. The molecule has 0 fully saturated rings. The van der Waals surface area contributed by atoms with Crippen LogP contribution in [0.4, 0.5) is 0 Å². The van der Waals surface area contributed by atoms with Gasteiger partial charge in [-0.15, -0.1) is 0 Å². The molecule has 1 amide bonds. The normalized spacial score (nSPS) is 13.8. The maximum Gasteiger partial charge on any atom is 0.268 e. The highest BCUT2D eigenvalue weighted by atomic mass is 31.2. The molecule has 0 radical (unpaired) electrons. The fourth-order valence-electron chi connectivity index (χ4n) is 11.0. The van der Waals surface area contributed by atoms with E-state index in [0.717, 1.165) is 44.9 Å². The van der Waals surface area contributed by atoms with Crippen LogP contribution in [0.3, 0.4) is 0 Å². The zero-order valence-corrected chi connectivity index (χ0v) is 55.9. The van der Waals surface area contributed by atoms with E-state index in [1.165, 1.54) is 302 Å². The first kappa shape index (κ1) is 79.7. The molecule has 0 bridgehead atoms. The number of hydrogen-bond acceptors (Lipinski definition) is 6. The first-order valence-corrected chi connectivity index (χ1v) is 37.3. The molecule has 0 aromatic heterocycles. The molecule has 0 aliphatic carbocycles. The number of quaternary nitrogens is 1. The van der Waals surface area contributed by atoms with Crippen molar-refractivity contribution in [3.63, 3.8) is 0 Å². The summed E-state index contributed by atoms with van der Waals surface area (Å²) in [6.07, 6.45) is 84.1. The number of phosphoric ester groups is 1. The van der Waals surface area contributed by atoms with E-state index in [0.29, 0.717) is 17.4 Å². The number of rotatable bonds is 67. The minimum absolute atomic E-state index is 0.00110. The topological polar surface area (TPSA) is 108 Å². The van der Waals surface area contributed by atoms with Crippen LogP contribution in [0.15, 0.2) is 36.5 Å². The third-order valence-corrected chi connectivity index (χ3v) is 17.6. The van der Waals surface area contributed by atoms with Crippen molar-refractivity contribution in [2.24, 2.45) is 0 Å². The van der Waals surface area contributed by atoms with Crippen LogP contribution >= 0.6 is 7.82 Å². The van der Waals surface area contributed by atoms with Crippen LogP contribution in [0.25, 0.3) is 0 Å². The maximum absolute atomic E-state index is 13.0. The van der Waals surface area contributed by atoms with Gasteiger partial charge < -0.3 is 28.8 Å². The molecule has 3 unspecified atom stereocenters. The van der Waals surface area contributed by atoms with Gasteiger partial charge in [0.15, 0.2) is 0 Å². The fourth-order valence-corrected chi connectivity index (χ4v) is 11.7. The Morgan fingerprint density at radius 2 is 0.716 bits per heavy atom. The van der Waals surface area contributed by atoms with E-state index >= 15 is 0 Å². The maximum atomic E-state index is 13.0. The van der Waals surface area contributed by atoms with E-state index in [-0.39, 0.29) is 19.1 Å². The molecule has 8 nitrogen and oxygen atoms in total. The summed E-state index contributed by atoms with van der Waals surface area (Å²) in [7, 11) is 1.28. The lowest BCUT2D eigenvalue weighted by atomic mass is 10.0. The van der Waals surface area contributed by atoms with Crippen molar-refractivity contribution >= 4 is 13.7 Å². The molecule has 0 aromatic rings. The Labute approximate surface area is 506 Å². The second kappa shape index (κ2) is 63.2. The van der Waals surface area contributed by atoms with Gasteiger partial charge in [0.25, 0.3) is 7.82 Å². The molecule has 81 heavy (non-hydrogen) atoms. The molecule has 3 atom stereocenters. The molecule has 0 rings (SSSR count). The van der Waals surface area contributed by atoms with Crippen LogP contribution in [0.1, 0.15) is 367 Å². The van der Waals surface area contributed by atoms with Crippen molar-refractivity contribution < 1.29 is 32.9 Å². The number of allylic oxidation sites excluding steroid dienone is 5. The largest absolute Gasteiger partial charge is 0.756 e. The van der Waals surface area contributed by atoms with Gasteiger partial charge in [-0.2, -0.15) is 0 Å². The smallest absolute Gasteiger partial charge is 0.268 e. The van der Waals surface area contributed by atoms with Crippen LogP contribution in [0.2, 0.25) is 0 Å². The highest BCUT2D eigenvalue weighted by Crippen LogP contribution is 2.38. The molecular formula is C72H141N2O6P. The minimum atomic E-state index is -4.60. The predicted octanol–water partition coefficient (Wildman–Crippen LogP) is 22.2. The molecule has 9 heteroatoms. The SMILES string of the molecule is CCCCCCC/C=C\C/C=C\CCCCCCCCCCCCCCCCCCCCCC(=O)NC(COP(=O)([O-])OCC[N+](C)(C)C)C(O)/C=C/CCCCCCCCCCCCCCCCCCCCCCCCCCCC. The zero-order chi connectivity index (χ0) is 59.1. The van der Waals surface area contributed by atoms with Crippen LogP contribution in [0.5, 0.6) is 0 Å². The molecule has 2 N–H and O–H groups in total. The number of aliphatic hydroxyl groups excluding tert-OH is 1. The van der Waals surface area contributed by atoms with Crippen molar-refractivity contribution in [3.05, 3.63) is 36.5 Å². The standard InChI is InChI=1S/C72H141N2O6P/c1-6-8-10-12-14-16-18-20-22-24-26-28-30-32-34-36-37-38-40-42-44-46-48-50-52-54-56-58-60-62-64-66-72(76)73-70(69-80-81(77,78)79-68-67-74(3,4)5)71(75)65-63-61-59-57-55-53-51-49-47-45-43-41-39-35-33-31-29-27-25-23-21-19-17-15-13-11-9-7-2/h18,20,24,26,63,65,70-71,75H,6-17,19,21-23,25,27-62,64,66-69H2,1-5H3,(H-,73,76,77,78)/b20-18-,26-24-,65-63+. The van der Waals surface area contributed by atoms with E-state index in [4.69, 9.17) is 9.05 Å². The molecule has 480 valence electrons. The summed E-state index contributed by atoms with van der Waals surface area (Å²) < 4.78 is 23.5. The Hall–Kier alpha value is -1.28. The summed E-state index contributed by atoms with van der Waals surface area (Å²) in [6, 6.07) is -0.887. The van der Waals surface area contributed by atoms with Gasteiger partial charge in [-0.3, -0.25) is 9.36 Å². The Balaban J connectivity index is 4.03. The summed E-state index contributed by atoms with van der Waals surface area (Å²) in [5, 5.41) is 14.0. The van der Waals surface area contributed by atoms with Gasteiger partial charge in [0, 0.05) is 6.42 Å².